The predicted octanol–water partition coefficient (Wildman–Crippen LogP) is 6.31. The molecule has 3 heterocycles. The van der Waals surface area contributed by atoms with Crippen LogP contribution in [-0.4, -0.2) is 35.0 Å². The summed E-state index contributed by atoms with van der Waals surface area (Å²) in [4.78, 5) is 32.9. The first kappa shape index (κ1) is 23.8. The van der Waals surface area contributed by atoms with Crippen molar-refractivity contribution < 1.29 is 24.2 Å². The van der Waals surface area contributed by atoms with Crippen molar-refractivity contribution in [1.29, 1.82) is 0 Å². The number of hydrogen-bond acceptors (Lipinski definition) is 7. The van der Waals surface area contributed by atoms with Gasteiger partial charge in [-0.3, -0.25) is 14.5 Å². The van der Waals surface area contributed by atoms with Crippen LogP contribution in [0.5, 0.6) is 11.5 Å². The monoisotopic (exact) mass is 552 g/mol. The molecule has 6 rings (SSSR count). The summed E-state index contributed by atoms with van der Waals surface area (Å²) >= 11 is 13.8. The first-order chi connectivity index (χ1) is 17.8. The number of anilines is 1. The van der Waals surface area contributed by atoms with Gasteiger partial charge in [0.25, 0.3) is 5.78 Å². The topological polar surface area (TPSA) is 89.0 Å². The van der Waals surface area contributed by atoms with Gasteiger partial charge in [-0.2, -0.15) is 0 Å². The first-order valence-electron chi connectivity index (χ1n) is 11.3. The number of halogens is 2. The standard InChI is InChI=1S/C27H18Cl2N2O5S/c1-13-2-6-18-21(10-13)37-27(30-18)31-23(14-3-5-16(28)17(29)11-14)22(25(33)26(31)34)24(32)15-4-7-19-20(12-15)36-9-8-35-19/h2-7,10-12,23,32H,8-9H2,1H3. The van der Waals surface area contributed by atoms with Crippen molar-refractivity contribution >= 4 is 67.3 Å². The Hall–Kier alpha value is -3.59. The second-order valence-electron chi connectivity index (χ2n) is 8.67. The molecule has 10 heteroatoms. The maximum Gasteiger partial charge on any atom is 0.301 e. The number of benzene rings is 3. The highest BCUT2D eigenvalue weighted by molar-refractivity contribution is 7.22. The van der Waals surface area contributed by atoms with E-state index in [-0.39, 0.29) is 16.4 Å². The fourth-order valence-corrected chi connectivity index (χ4v) is 5.89. The summed E-state index contributed by atoms with van der Waals surface area (Å²) in [6.45, 7) is 2.75. The number of rotatable bonds is 3. The van der Waals surface area contributed by atoms with E-state index in [9.17, 15) is 14.7 Å². The van der Waals surface area contributed by atoms with Gasteiger partial charge in [0.05, 0.1) is 31.9 Å². The van der Waals surface area contributed by atoms with Crippen molar-refractivity contribution in [3.05, 3.63) is 86.9 Å². The van der Waals surface area contributed by atoms with Crippen LogP contribution in [0.25, 0.3) is 16.0 Å². The summed E-state index contributed by atoms with van der Waals surface area (Å²) in [6, 6.07) is 14.5. The predicted molar refractivity (Wildman–Crippen MR) is 143 cm³/mol. The van der Waals surface area contributed by atoms with Crippen molar-refractivity contribution in [3.63, 3.8) is 0 Å². The Morgan fingerprint density at radius 2 is 1.78 bits per heavy atom. The van der Waals surface area contributed by atoms with Gasteiger partial charge >= 0.3 is 5.91 Å². The van der Waals surface area contributed by atoms with Crippen LogP contribution < -0.4 is 14.4 Å². The van der Waals surface area contributed by atoms with E-state index in [1.807, 2.05) is 25.1 Å². The van der Waals surface area contributed by atoms with Crippen molar-refractivity contribution in [1.82, 2.24) is 4.98 Å². The quantitative estimate of drug-likeness (QED) is 0.182. The van der Waals surface area contributed by atoms with Crippen LogP contribution in [0.15, 0.2) is 60.2 Å². The number of aryl methyl sites for hydroxylation is 1. The highest BCUT2D eigenvalue weighted by Gasteiger charge is 2.48. The van der Waals surface area contributed by atoms with E-state index >= 15 is 0 Å². The summed E-state index contributed by atoms with van der Waals surface area (Å²) in [6.07, 6.45) is 0. The molecule has 7 nitrogen and oxygen atoms in total. The van der Waals surface area contributed by atoms with E-state index < -0.39 is 17.7 Å². The maximum atomic E-state index is 13.5. The third-order valence-corrected chi connectivity index (χ3v) is 8.01. The minimum absolute atomic E-state index is 0.0875. The SMILES string of the molecule is Cc1ccc2nc(N3C(=O)C(=O)C(=C(O)c4ccc5c(c4)OCCO5)C3c3ccc(Cl)c(Cl)c3)sc2c1. The van der Waals surface area contributed by atoms with Gasteiger partial charge in [-0.05, 0) is 60.5 Å². The number of ketones is 1. The molecule has 1 saturated heterocycles. The summed E-state index contributed by atoms with van der Waals surface area (Å²) in [7, 11) is 0. The van der Waals surface area contributed by atoms with Crippen molar-refractivity contribution in [3.8, 4) is 11.5 Å². The number of hydrogen-bond donors (Lipinski definition) is 1. The smallest absolute Gasteiger partial charge is 0.301 e. The van der Waals surface area contributed by atoms with Gasteiger partial charge in [0.15, 0.2) is 16.6 Å². The molecule has 1 fully saturated rings. The summed E-state index contributed by atoms with van der Waals surface area (Å²) in [5, 5.41) is 12.3. The minimum atomic E-state index is -0.982. The highest BCUT2D eigenvalue weighted by Crippen LogP contribution is 2.46. The van der Waals surface area contributed by atoms with E-state index in [0.29, 0.717) is 51.5 Å². The number of aromatic nitrogens is 1. The Balaban J connectivity index is 1.55. The number of amides is 1. The number of aliphatic hydroxyl groups excluding tert-OH is 1. The Morgan fingerprint density at radius 1 is 1.00 bits per heavy atom. The number of aliphatic hydroxyl groups is 1. The molecule has 2 aliphatic rings. The number of thiazole rings is 1. The first-order valence-corrected chi connectivity index (χ1v) is 12.9. The van der Waals surface area contributed by atoms with Crippen molar-refractivity contribution in [2.45, 2.75) is 13.0 Å². The van der Waals surface area contributed by atoms with Crippen LogP contribution in [0.3, 0.4) is 0 Å². The lowest BCUT2D eigenvalue weighted by Gasteiger charge is -2.23. The number of ether oxygens (including phenoxy) is 2. The zero-order chi connectivity index (χ0) is 25.8. The molecule has 4 aromatic rings. The average molecular weight is 553 g/mol. The molecular formula is C27H18Cl2N2O5S. The zero-order valence-electron chi connectivity index (χ0n) is 19.3. The van der Waals surface area contributed by atoms with Crippen LogP contribution >= 0.6 is 34.5 Å². The molecule has 1 amide bonds. The Morgan fingerprint density at radius 3 is 2.57 bits per heavy atom. The molecule has 0 spiro atoms. The van der Waals surface area contributed by atoms with E-state index in [1.54, 1.807) is 36.4 Å². The van der Waals surface area contributed by atoms with Crippen LogP contribution in [0.1, 0.15) is 22.7 Å². The molecule has 2 aliphatic heterocycles. The van der Waals surface area contributed by atoms with Gasteiger partial charge < -0.3 is 14.6 Å². The molecule has 1 atom stereocenters. The molecule has 0 aliphatic carbocycles. The van der Waals surface area contributed by atoms with E-state index in [0.717, 1.165) is 10.3 Å². The minimum Gasteiger partial charge on any atom is -0.507 e. The number of carbonyl (C=O) groups is 2. The van der Waals surface area contributed by atoms with Gasteiger partial charge in [-0.1, -0.05) is 46.7 Å². The number of Topliss-reactive ketones (excluding diaryl/α,β-unsaturated/α-hetero) is 1. The summed E-state index contributed by atoms with van der Waals surface area (Å²) < 4.78 is 12.1. The van der Waals surface area contributed by atoms with Crippen LogP contribution in [-0.2, 0) is 9.59 Å². The maximum absolute atomic E-state index is 13.5. The lowest BCUT2D eigenvalue weighted by molar-refractivity contribution is -0.132. The van der Waals surface area contributed by atoms with E-state index in [4.69, 9.17) is 32.7 Å². The fourth-order valence-electron chi connectivity index (χ4n) is 4.50. The Bertz CT molecular complexity index is 1650. The van der Waals surface area contributed by atoms with Crippen molar-refractivity contribution in [2.24, 2.45) is 0 Å². The summed E-state index contributed by atoms with van der Waals surface area (Å²) in [5.74, 6) is -0.998. The lowest BCUT2D eigenvalue weighted by Crippen LogP contribution is -2.29. The molecule has 37 heavy (non-hydrogen) atoms. The highest BCUT2D eigenvalue weighted by atomic mass is 35.5. The third-order valence-electron chi connectivity index (χ3n) is 6.26. The van der Waals surface area contributed by atoms with Gasteiger partial charge in [0.1, 0.15) is 19.0 Å². The van der Waals surface area contributed by atoms with Gasteiger partial charge in [-0.25, -0.2) is 4.98 Å². The second-order valence-corrected chi connectivity index (χ2v) is 10.5. The number of fused-ring (bicyclic) bond motifs is 2. The molecule has 186 valence electrons. The molecule has 0 bridgehead atoms. The number of carbonyl (C=O) groups excluding carboxylic acids is 2. The molecule has 1 unspecified atom stereocenters. The third kappa shape index (κ3) is 4.01. The van der Waals surface area contributed by atoms with Crippen LogP contribution in [0, 0.1) is 6.92 Å². The largest absolute Gasteiger partial charge is 0.507 e. The number of nitrogens with zero attached hydrogens (tertiary/aromatic N) is 2. The average Bonchev–Trinajstić information content (AvgIpc) is 3.42. The Labute approximate surface area is 225 Å². The summed E-state index contributed by atoms with van der Waals surface area (Å²) in [5.41, 5.74) is 2.47. The van der Waals surface area contributed by atoms with Crippen LogP contribution in [0.4, 0.5) is 5.13 Å². The molecule has 3 aromatic carbocycles. The molecule has 0 saturated carbocycles. The molecule has 1 aromatic heterocycles. The van der Waals surface area contributed by atoms with Gasteiger partial charge in [0.2, 0.25) is 0 Å². The molecule has 1 N–H and O–H groups in total. The van der Waals surface area contributed by atoms with Gasteiger partial charge in [-0.15, -0.1) is 0 Å². The van der Waals surface area contributed by atoms with Crippen molar-refractivity contribution in [2.75, 3.05) is 18.1 Å². The van der Waals surface area contributed by atoms with E-state index in [2.05, 4.69) is 4.98 Å². The normalized spacial score (nSPS) is 18.6. The second kappa shape index (κ2) is 9.06. The van der Waals surface area contributed by atoms with E-state index in [1.165, 1.54) is 16.2 Å². The zero-order valence-corrected chi connectivity index (χ0v) is 21.7. The van der Waals surface area contributed by atoms with Crippen LogP contribution in [0.2, 0.25) is 10.0 Å². The Kier molecular flexibility index (Phi) is 5.82. The van der Waals surface area contributed by atoms with Gasteiger partial charge in [0, 0.05) is 5.56 Å². The molecule has 0 radical (unpaired) electrons. The lowest BCUT2D eigenvalue weighted by atomic mass is 9.95. The fraction of sp³-hybridized carbons (Fsp3) is 0.148. The molecular weight excluding hydrogens is 535 g/mol.